The summed E-state index contributed by atoms with van der Waals surface area (Å²) in [5, 5.41) is 0. The van der Waals surface area contributed by atoms with E-state index in [-0.39, 0.29) is 6.04 Å². The second-order valence-electron chi connectivity index (χ2n) is 5.88. The SMILES string of the molecule is Cc1cc(C)c(C(NN)c2ccc3c(c2)CCO3)c(C)c1. The van der Waals surface area contributed by atoms with Crippen molar-refractivity contribution in [1.82, 2.24) is 5.43 Å². The average Bonchev–Trinajstić information content (AvgIpc) is 2.89. The third-order valence-electron chi connectivity index (χ3n) is 4.24. The summed E-state index contributed by atoms with van der Waals surface area (Å²) in [7, 11) is 0. The predicted molar refractivity (Wildman–Crippen MR) is 85.5 cm³/mol. The molecule has 0 bridgehead atoms. The van der Waals surface area contributed by atoms with Crippen LogP contribution in [-0.2, 0) is 6.42 Å². The predicted octanol–water partition coefficient (Wildman–Crippen LogP) is 3.10. The number of hydrogen-bond acceptors (Lipinski definition) is 3. The first-order valence-electron chi connectivity index (χ1n) is 7.39. The molecule has 0 aromatic heterocycles. The molecule has 1 aliphatic rings. The van der Waals surface area contributed by atoms with Gasteiger partial charge in [0.1, 0.15) is 5.75 Å². The van der Waals surface area contributed by atoms with Crippen LogP contribution in [0.1, 0.15) is 39.4 Å². The third kappa shape index (κ3) is 2.55. The Balaban J connectivity index is 2.07. The van der Waals surface area contributed by atoms with Gasteiger partial charge in [-0.1, -0.05) is 29.8 Å². The summed E-state index contributed by atoms with van der Waals surface area (Å²) in [6.45, 7) is 7.20. The van der Waals surface area contributed by atoms with Crippen molar-refractivity contribution >= 4 is 0 Å². The second kappa shape index (κ2) is 5.51. The van der Waals surface area contributed by atoms with E-state index in [0.29, 0.717) is 0 Å². The Labute approximate surface area is 126 Å². The van der Waals surface area contributed by atoms with Gasteiger partial charge in [-0.3, -0.25) is 5.84 Å². The molecule has 0 aliphatic carbocycles. The maximum Gasteiger partial charge on any atom is 0.122 e. The number of nitrogens with two attached hydrogens (primary N) is 1. The van der Waals surface area contributed by atoms with Gasteiger partial charge in [-0.2, -0.15) is 0 Å². The number of fused-ring (bicyclic) bond motifs is 1. The maximum absolute atomic E-state index is 5.88. The molecule has 110 valence electrons. The Morgan fingerprint density at radius 3 is 2.48 bits per heavy atom. The first-order chi connectivity index (χ1) is 10.1. The van der Waals surface area contributed by atoms with Crippen LogP contribution in [-0.4, -0.2) is 6.61 Å². The van der Waals surface area contributed by atoms with Crippen LogP contribution < -0.4 is 16.0 Å². The summed E-state index contributed by atoms with van der Waals surface area (Å²) >= 11 is 0. The van der Waals surface area contributed by atoms with Crippen LogP contribution in [0.2, 0.25) is 0 Å². The molecule has 2 aromatic carbocycles. The Hall–Kier alpha value is -1.84. The van der Waals surface area contributed by atoms with Crippen molar-refractivity contribution in [1.29, 1.82) is 0 Å². The van der Waals surface area contributed by atoms with Gasteiger partial charge < -0.3 is 4.74 Å². The van der Waals surface area contributed by atoms with E-state index >= 15 is 0 Å². The number of ether oxygens (including phenoxy) is 1. The standard InChI is InChI=1S/C18H22N2O/c1-11-8-12(2)17(13(3)9-11)18(20-19)15-4-5-16-14(10-15)6-7-21-16/h4-5,8-10,18,20H,6-7,19H2,1-3H3. The molecule has 3 rings (SSSR count). The first kappa shape index (κ1) is 14.1. The van der Waals surface area contributed by atoms with Crippen LogP contribution in [0.25, 0.3) is 0 Å². The minimum absolute atomic E-state index is 0.0106. The largest absolute Gasteiger partial charge is 0.493 e. The van der Waals surface area contributed by atoms with Crippen molar-refractivity contribution < 1.29 is 4.74 Å². The highest BCUT2D eigenvalue weighted by atomic mass is 16.5. The highest BCUT2D eigenvalue weighted by Crippen LogP contribution is 2.33. The fourth-order valence-corrected chi connectivity index (χ4v) is 3.38. The van der Waals surface area contributed by atoms with Crippen LogP contribution >= 0.6 is 0 Å². The van der Waals surface area contributed by atoms with E-state index in [0.717, 1.165) is 18.8 Å². The number of benzene rings is 2. The van der Waals surface area contributed by atoms with E-state index in [9.17, 15) is 0 Å². The van der Waals surface area contributed by atoms with Crippen molar-refractivity contribution in [3.63, 3.8) is 0 Å². The van der Waals surface area contributed by atoms with Gasteiger partial charge in [-0.05, 0) is 54.7 Å². The van der Waals surface area contributed by atoms with Crippen LogP contribution in [0.3, 0.4) is 0 Å². The molecule has 1 unspecified atom stereocenters. The van der Waals surface area contributed by atoms with E-state index in [1.807, 2.05) is 0 Å². The molecule has 0 radical (unpaired) electrons. The fraction of sp³-hybridized carbons (Fsp3) is 0.333. The second-order valence-corrected chi connectivity index (χ2v) is 5.88. The lowest BCUT2D eigenvalue weighted by atomic mass is 9.89. The minimum atomic E-state index is 0.0106. The lowest BCUT2D eigenvalue weighted by Crippen LogP contribution is -2.30. The molecule has 0 fully saturated rings. The topological polar surface area (TPSA) is 47.3 Å². The van der Waals surface area contributed by atoms with E-state index in [1.54, 1.807) is 0 Å². The van der Waals surface area contributed by atoms with Gasteiger partial charge in [0, 0.05) is 6.42 Å². The molecule has 0 saturated carbocycles. The zero-order chi connectivity index (χ0) is 15.0. The Morgan fingerprint density at radius 1 is 1.10 bits per heavy atom. The zero-order valence-corrected chi connectivity index (χ0v) is 12.9. The van der Waals surface area contributed by atoms with E-state index < -0.39 is 0 Å². The zero-order valence-electron chi connectivity index (χ0n) is 12.9. The quantitative estimate of drug-likeness (QED) is 0.672. The molecule has 0 amide bonds. The lowest BCUT2D eigenvalue weighted by molar-refractivity contribution is 0.357. The molecule has 0 spiro atoms. The summed E-state index contributed by atoms with van der Waals surface area (Å²) in [5.74, 6) is 6.88. The molecule has 1 aliphatic heterocycles. The number of rotatable bonds is 3. The smallest absolute Gasteiger partial charge is 0.122 e. The maximum atomic E-state index is 5.88. The molecule has 3 heteroatoms. The monoisotopic (exact) mass is 282 g/mol. The van der Waals surface area contributed by atoms with Gasteiger partial charge >= 0.3 is 0 Å². The molecule has 1 atom stereocenters. The van der Waals surface area contributed by atoms with Gasteiger partial charge in [0.05, 0.1) is 12.6 Å². The molecule has 21 heavy (non-hydrogen) atoms. The van der Waals surface area contributed by atoms with Crippen LogP contribution in [0, 0.1) is 20.8 Å². The van der Waals surface area contributed by atoms with Crippen LogP contribution in [0.5, 0.6) is 5.75 Å². The molecular formula is C18H22N2O. The highest BCUT2D eigenvalue weighted by molar-refractivity contribution is 5.47. The number of aryl methyl sites for hydroxylation is 3. The molecular weight excluding hydrogens is 260 g/mol. The van der Waals surface area contributed by atoms with E-state index in [2.05, 4.69) is 56.5 Å². The van der Waals surface area contributed by atoms with Crippen molar-refractivity contribution in [3.8, 4) is 5.75 Å². The summed E-state index contributed by atoms with van der Waals surface area (Å²) in [6, 6.07) is 10.8. The Kier molecular flexibility index (Phi) is 3.70. The molecule has 2 aromatic rings. The van der Waals surface area contributed by atoms with Crippen molar-refractivity contribution in [2.75, 3.05) is 6.61 Å². The summed E-state index contributed by atoms with van der Waals surface area (Å²) in [5.41, 5.74) is 10.5. The highest BCUT2D eigenvalue weighted by Gasteiger charge is 2.20. The first-order valence-corrected chi connectivity index (χ1v) is 7.39. The summed E-state index contributed by atoms with van der Waals surface area (Å²) in [4.78, 5) is 0. The molecule has 3 N–H and O–H groups in total. The van der Waals surface area contributed by atoms with Crippen molar-refractivity contribution in [2.45, 2.75) is 33.2 Å². The lowest BCUT2D eigenvalue weighted by Gasteiger charge is -2.22. The molecule has 3 nitrogen and oxygen atoms in total. The van der Waals surface area contributed by atoms with Crippen LogP contribution in [0.4, 0.5) is 0 Å². The van der Waals surface area contributed by atoms with Gasteiger partial charge in [0.25, 0.3) is 0 Å². The van der Waals surface area contributed by atoms with Crippen LogP contribution in [0.15, 0.2) is 30.3 Å². The number of hydrogen-bond donors (Lipinski definition) is 2. The van der Waals surface area contributed by atoms with Crippen molar-refractivity contribution in [2.24, 2.45) is 5.84 Å². The summed E-state index contributed by atoms with van der Waals surface area (Å²) < 4.78 is 5.58. The normalized spacial score (nSPS) is 14.7. The van der Waals surface area contributed by atoms with Gasteiger partial charge in [0.15, 0.2) is 0 Å². The van der Waals surface area contributed by atoms with Gasteiger partial charge in [-0.25, -0.2) is 5.43 Å². The van der Waals surface area contributed by atoms with Gasteiger partial charge in [-0.15, -0.1) is 0 Å². The summed E-state index contributed by atoms with van der Waals surface area (Å²) in [6.07, 6.45) is 0.978. The van der Waals surface area contributed by atoms with Crippen molar-refractivity contribution in [3.05, 3.63) is 63.7 Å². The Bertz CT molecular complexity index is 656. The van der Waals surface area contributed by atoms with E-state index in [4.69, 9.17) is 10.6 Å². The minimum Gasteiger partial charge on any atom is -0.493 e. The molecule has 0 saturated heterocycles. The third-order valence-corrected chi connectivity index (χ3v) is 4.24. The number of nitrogens with one attached hydrogen (secondary N) is 1. The average molecular weight is 282 g/mol. The Morgan fingerprint density at radius 2 is 1.81 bits per heavy atom. The fourth-order valence-electron chi connectivity index (χ4n) is 3.38. The van der Waals surface area contributed by atoms with E-state index in [1.165, 1.54) is 33.4 Å². The molecule has 1 heterocycles. The van der Waals surface area contributed by atoms with Gasteiger partial charge in [0.2, 0.25) is 0 Å². The number of hydrazine groups is 1.